The van der Waals surface area contributed by atoms with Crippen LogP contribution in [0, 0.1) is 5.82 Å². The first-order valence-electron chi connectivity index (χ1n) is 7.83. The molecule has 1 aliphatic heterocycles. The standard InChI is InChI=1S/C15H14BrClFN5OS/c16-13-10(9-3-1-2-5-24-9)11(18)12-14(20-15(17)21-23(12)13)19-7-8-4-6-25-22-8/h4,6,9H,1-3,5,7H2,(H,19,20,21). The van der Waals surface area contributed by atoms with Gasteiger partial charge >= 0.3 is 0 Å². The number of hydrogen-bond donors (Lipinski definition) is 1. The summed E-state index contributed by atoms with van der Waals surface area (Å²) in [7, 11) is 0. The Kier molecular flexibility index (Phi) is 4.90. The molecule has 0 saturated carbocycles. The van der Waals surface area contributed by atoms with Crippen LogP contribution >= 0.6 is 39.1 Å². The fourth-order valence-corrected chi connectivity index (χ4v) is 4.33. The molecule has 1 fully saturated rings. The Morgan fingerprint density at radius 2 is 2.36 bits per heavy atom. The number of halogens is 3. The third-order valence-corrected chi connectivity index (χ3v) is 5.63. The maximum atomic E-state index is 15.2. The fourth-order valence-electron chi connectivity index (χ4n) is 2.94. The molecule has 10 heteroatoms. The van der Waals surface area contributed by atoms with E-state index in [2.05, 4.69) is 35.7 Å². The minimum atomic E-state index is -0.392. The Bertz CT molecular complexity index is 897. The Hall–Kier alpha value is -1.29. The first-order chi connectivity index (χ1) is 12.1. The van der Waals surface area contributed by atoms with Gasteiger partial charge in [-0.05, 0) is 64.4 Å². The van der Waals surface area contributed by atoms with Crippen molar-refractivity contribution in [2.75, 3.05) is 11.9 Å². The molecule has 4 rings (SSSR count). The van der Waals surface area contributed by atoms with Crippen molar-refractivity contribution in [2.24, 2.45) is 0 Å². The van der Waals surface area contributed by atoms with Crippen LogP contribution in [-0.4, -0.2) is 25.6 Å². The van der Waals surface area contributed by atoms with Gasteiger partial charge in [0.15, 0.2) is 11.6 Å². The first-order valence-corrected chi connectivity index (χ1v) is 9.83. The Labute approximate surface area is 160 Å². The minimum absolute atomic E-state index is 0.0279. The second-order valence-corrected chi connectivity index (χ2v) is 7.46. The van der Waals surface area contributed by atoms with Crippen LogP contribution in [0.4, 0.5) is 10.2 Å². The van der Waals surface area contributed by atoms with Crippen LogP contribution in [0.3, 0.4) is 0 Å². The van der Waals surface area contributed by atoms with Crippen molar-refractivity contribution >= 4 is 50.4 Å². The molecule has 1 N–H and O–H groups in total. The molecule has 0 radical (unpaired) electrons. The van der Waals surface area contributed by atoms with E-state index in [-0.39, 0.29) is 16.9 Å². The smallest absolute Gasteiger partial charge is 0.243 e. The maximum absolute atomic E-state index is 15.2. The van der Waals surface area contributed by atoms with Crippen molar-refractivity contribution in [1.29, 1.82) is 0 Å². The predicted octanol–water partition coefficient (Wildman–Crippen LogP) is 4.59. The molecule has 3 aromatic heterocycles. The summed E-state index contributed by atoms with van der Waals surface area (Å²) in [6.07, 6.45) is 2.48. The highest BCUT2D eigenvalue weighted by Crippen LogP contribution is 2.39. The molecule has 0 aromatic carbocycles. The Balaban J connectivity index is 1.77. The average Bonchev–Trinajstić information content (AvgIpc) is 3.21. The third kappa shape index (κ3) is 3.25. The molecule has 132 valence electrons. The summed E-state index contributed by atoms with van der Waals surface area (Å²) in [5.74, 6) is -0.0653. The van der Waals surface area contributed by atoms with Gasteiger partial charge in [0.05, 0.1) is 23.9 Å². The number of nitrogens with one attached hydrogen (secondary N) is 1. The van der Waals surface area contributed by atoms with Gasteiger partial charge in [-0.2, -0.15) is 9.36 Å². The van der Waals surface area contributed by atoms with Crippen molar-refractivity contribution in [3.63, 3.8) is 0 Å². The van der Waals surface area contributed by atoms with Crippen molar-refractivity contribution in [2.45, 2.75) is 31.9 Å². The van der Waals surface area contributed by atoms with Gasteiger partial charge in [0.25, 0.3) is 0 Å². The average molecular weight is 447 g/mol. The molecule has 6 nitrogen and oxygen atoms in total. The summed E-state index contributed by atoms with van der Waals surface area (Å²) in [5, 5.41) is 9.14. The molecule has 1 atom stereocenters. The van der Waals surface area contributed by atoms with E-state index in [4.69, 9.17) is 16.3 Å². The van der Waals surface area contributed by atoms with Gasteiger partial charge < -0.3 is 10.1 Å². The van der Waals surface area contributed by atoms with E-state index < -0.39 is 5.82 Å². The fraction of sp³-hybridized carbons (Fsp3) is 0.400. The van der Waals surface area contributed by atoms with Gasteiger partial charge in [-0.15, -0.1) is 5.10 Å². The largest absolute Gasteiger partial charge is 0.373 e. The summed E-state index contributed by atoms with van der Waals surface area (Å²) in [6.45, 7) is 1.05. The van der Waals surface area contributed by atoms with E-state index in [1.807, 2.05) is 11.4 Å². The summed E-state index contributed by atoms with van der Waals surface area (Å²) in [6, 6.07) is 1.89. The summed E-state index contributed by atoms with van der Waals surface area (Å²) < 4.78 is 27.1. The number of nitrogens with zero attached hydrogens (tertiary/aromatic N) is 4. The van der Waals surface area contributed by atoms with Gasteiger partial charge in [-0.3, -0.25) is 0 Å². The van der Waals surface area contributed by atoms with Crippen LogP contribution in [0.15, 0.2) is 16.0 Å². The van der Waals surface area contributed by atoms with Crippen molar-refractivity contribution in [3.05, 3.63) is 38.4 Å². The van der Waals surface area contributed by atoms with Crippen LogP contribution in [0.2, 0.25) is 5.28 Å². The number of hydrogen-bond acceptors (Lipinski definition) is 6. The zero-order chi connectivity index (χ0) is 17.4. The van der Waals surface area contributed by atoms with Crippen LogP contribution in [0.1, 0.15) is 36.6 Å². The molecule has 0 amide bonds. The summed E-state index contributed by atoms with van der Waals surface area (Å²) in [5.41, 5.74) is 1.56. The SMILES string of the molecule is Fc1c(C2CCCCO2)c(Br)n2nc(Cl)nc(NCc3ccsn3)c12. The Morgan fingerprint density at radius 1 is 1.48 bits per heavy atom. The molecular weight excluding hydrogens is 433 g/mol. The maximum Gasteiger partial charge on any atom is 0.243 e. The van der Waals surface area contributed by atoms with E-state index in [9.17, 15) is 0 Å². The second-order valence-electron chi connectivity index (χ2n) is 5.71. The predicted molar refractivity (Wildman–Crippen MR) is 97.6 cm³/mol. The van der Waals surface area contributed by atoms with E-state index in [1.165, 1.54) is 16.0 Å². The summed E-state index contributed by atoms with van der Waals surface area (Å²) in [4.78, 5) is 4.16. The Morgan fingerprint density at radius 3 is 3.08 bits per heavy atom. The van der Waals surface area contributed by atoms with Crippen LogP contribution < -0.4 is 5.32 Å². The molecule has 0 bridgehead atoms. The van der Waals surface area contributed by atoms with Crippen LogP contribution in [0.25, 0.3) is 5.52 Å². The molecule has 3 aromatic rings. The highest BCUT2D eigenvalue weighted by molar-refractivity contribution is 9.10. The summed E-state index contributed by atoms with van der Waals surface area (Å²) >= 11 is 10.8. The van der Waals surface area contributed by atoms with Crippen LogP contribution in [-0.2, 0) is 11.3 Å². The van der Waals surface area contributed by atoms with E-state index in [1.54, 1.807) is 0 Å². The topological polar surface area (TPSA) is 64.3 Å². The minimum Gasteiger partial charge on any atom is -0.373 e. The quantitative estimate of drug-likeness (QED) is 0.635. The molecule has 0 spiro atoms. The van der Waals surface area contributed by atoms with Crippen molar-refractivity contribution in [1.82, 2.24) is 19.0 Å². The number of anilines is 1. The normalized spacial score (nSPS) is 18.0. The van der Waals surface area contributed by atoms with Gasteiger partial charge in [0, 0.05) is 12.0 Å². The van der Waals surface area contributed by atoms with Crippen molar-refractivity contribution in [3.8, 4) is 0 Å². The molecule has 25 heavy (non-hydrogen) atoms. The van der Waals surface area contributed by atoms with E-state index >= 15 is 4.39 Å². The number of aromatic nitrogens is 4. The lowest BCUT2D eigenvalue weighted by Gasteiger charge is -2.22. The molecule has 1 unspecified atom stereocenters. The monoisotopic (exact) mass is 445 g/mol. The van der Waals surface area contributed by atoms with Crippen LogP contribution in [0.5, 0.6) is 0 Å². The van der Waals surface area contributed by atoms with Gasteiger partial charge in [0.2, 0.25) is 5.28 Å². The third-order valence-electron chi connectivity index (χ3n) is 4.11. The van der Waals surface area contributed by atoms with Crippen molar-refractivity contribution < 1.29 is 9.13 Å². The first kappa shape index (κ1) is 17.1. The zero-order valence-corrected chi connectivity index (χ0v) is 16.2. The van der Waals surface area contributed by atoms with Gasteiger partial charge in [-0.25, -0.2) is 8.91 Å². The molecule has 1 saturated heterocycles. The second kappa shape index (κ2) is 7.14. The molecular formula is C15H14BrClFN5OS. The number of fused-ring (bicyclic) bond motifs is 1. The lowest BCUT2D eigenvalue weighted by Crippen LogP contribution is -2.12. The molecule has 0 aliphatic carbocycles. The number of rotatable bonds is 4. The van der Waals surface area contributed by atoms with E-state index in [0.717, 1.165) is 25.0 Å². The molecule has 4 heterocycles. The highest BCUT2D eigenvalue weighted by Gasteiger charge is 2.29. The lowest BCUT2D eigenvalue weighted by molar-refractivity contribution is 0.0126. The zero-order valence-electron chi connectivity index (χ0n) is 13.0. The number of ether oxygens (including phenoxy) is 1. The van der Waals surface area contributed by atoms with Gasteiger partial charge in [-0.1, -0.05) is 0 Å². The highest BCUT2D eigenvalue weighted by atomic mass is 79.9. The van der Waals surface area contributed by atoms with E-state index in [0.29, 0.717) is 29.1 Å². The molecule has 1 aliphatic rings. The lowest BCUT2D eigenvalue weighted by atomic mass is 10.0. The van der Waals surface area contributed by atoms with Gasteiger partial charge in [0.1, 0.15) is 10.1 Å².